The van der Waals surface area contributed by atoms with Crippen LogP contribution in [0.1, 0.15) is 5.56 Å². The van der Waals surface area contributed by atoms with E-state index in [4.69, 9.17) is 0 Å². The van der Waals surface area contributed by atoms with Gasteiger partial charge in [-0.3, -0.25) is 9.69 Å². The molecule has 4 nitrogen and oxygen atoms in total. The second kappa shape index (κ2) is 8.08. The SMILES string of the molecule is CN1CCN(CC(=O)N(Cc2ccccc2)c2ccccc2)CC1. The molecule has 3 rings (SSSR count). The van der Waals surface area contributed by atoms with E-state index in [1.165, 1.54) is 0 Å². The van der Waals surface area contributed by atoms with Gasteiger partial charge in [0.2, 0.25) is 5.91 Å². The number of likely N-dealkylation sites (N-methyl/N-ethyl adjacent to an activating group) is 1. The third-order valence-corrected chi connectivity index (χ3v) is 4.51. The van der Waals surface area contributed by atoms with Crippen LogP contribution in [-0.2, 0) is 11.3 Å². The van der Waals surface area contributed by atoms with E-state index in [-0.39, 0.29) is 5.91 Å². The van der Waals surface area contributed by atoms with Crippen molar-refractivity contribution in [2.24, 2.45) is 0 Å². The third-order valence-electron chi connectivity index (χ3n) is 4.51. The molecule has 24 heavy (non-hydrogen) atoms. The van der Waals surface area contributed by atoms with Gasteiger partial charge < -0.3 is 9.80 Å². The number of piperazine rings is 1. The number of carbonyl (C=O) groups is 1. The van der Waals surface area contributed by atoms with E-state index < -0.39 is 0 Å². The van der Waals surface area contributed by atoms with Crippen LogP contribution in [0, 0.1) is 0 Å². The van der Waals surface area contributed by atoms with Crippen molar-refractivity contribution in [1.82, 2.24) is 9.80 Å². The van der Waals surface area contributed by atoms with Gasteiger partial charge in [0.15, 0.2) is 0 Å². The van der Waals surface area contributed by atoms with E-state index in [9.17, 15) is 4.79 Å². The summed E-state index contributed by atoms with van der Waals surface area (Å²) < 4.78 is 0. The summed E-state index contributed by atoms with van der Waals surface area (Å²) in [6.07, 6.45) is 0. The van der Waals surface area contributed by atoms with Crippen LogP contribution in [-0.4, -0.2) is 55.5 Å². The Balaban J connectivity index is 1.73. The molecule has 0 bridgehead atoms. The lowest BCUT2D eigenvalue weighted by Crippen LogP contribution is -2.48. The molecule has 0 spiro atoms. The summed E-state index contributed by atoms with van der Waals surface area (Å²) in [4.78, 5) is 19.4. The van der Waals surface area contributed by atoms with E-state index in [1.807, 2.05) is 53.4 Å². The van der Waals surface area contributed by atoms with Crippen LogP contribution >= 0.6 is 0 Å². The number of hydrogen-bond acceptors (Lipinski definition) is 3. The highest BCUT2D eigenvalue weighted by Crippen LogP contribution is 2.17. The lowest BCUT2D eigenvalue weighted by atomic mass is 10.2. The minimum Gasteiger partial charge on any atom is -0.307 e. The van der Waals surface area contributed by atoms with Crippen molar-refractivity contribution >= 4 is 11.6 Å². The number of hydrogen-bond donors (Lipinski definition) is 0. The van der Waals surface area contributed by atoms with Crippen molar-refractivity contribution in [2.45, 2.75) is 6.54 Å². The topological polar surface area (TPSA) is 26.8 Å². The zero-order valence-corrected chi connectivity index (χ0v) is 14.3. The minimum absolute atomic E-state index is 0.162. The summed E-state index contributed by atoms with van der Waals surface area (Å²) in [5.74, 6) is 0.162. The van der Waals surface area contributed by atoms with Crippen molar-refractivity contribution in [3.63, 3.8) is 0 Å². The van der Waals surface area contributed by atoms with Gasteiger partial charge in [-0.1, -0.05) is 48.5 Å². The van der Waals surface area contributed by atoms with Crippen LogP contribution in [0.4, 0.5) is 5.69 Å². The van der Waals surface area contributed by atoms with Gasteiger partial charge in [0.1, 0.15) is 0 Å². The average Bonchev–Trinajstić information content (AvgIpc) is 2.63. The first-order valence-corrected chi connectivity index (χ1v) is 8.52. The highest BCUT2D eigenvalue weighted by Gasteiger charge is 2.21. The summed E-state index contributed by atoms with van der Waals surface area (Å²) in [5.41, 5.74) is 2.11. The standard InChI is InChI=1S/C20H25N3O/c1-21-12-14-22(15-13-21)17-20(24)23(19-10-6-3-7-11-19)16-18-8-4-2-5-9-18/h2-11H,12-17H2,1H3. The molecule has 2 aromatic carbocycles. The summed E-state index contributed by atoms with van der Waals surface area (Å²) >= 11 is 0. The van der Waals surface area contributed by atoms with Crippen molar-refractivity contribution in [1.29, 1.82) is 0 Å². The van der Waals surface area contributed by atoms with Gasteiger partial charge in [-0.2, -0.15) is 0 Å². The molecule has 1 heterocycles. The second-order valence-electron chi connectivity index (χ2n) is 6.38. The molecule has 0 saturated carbocycles. The Morgan fingerprint density at radius 1 is 0.917 bits per heavy atom. The number of anilines is 1. The highest BCUT2D eigenvalue weighted by atomic mass is 16.2. The molecule has 1 saturated heterocycles. The van der Waals surface area contributed by atoms with E-state index in [1.54, 1.807) is 0 Å². The molecule has 0 atom stereocenters. The fraction of sp³-hybridized carbons (Fsp3) is 0.350. The monoisotopic (exact) mass is 323 g/mol. The normalized spacial score (nSPS) is 16.0. The number of amides is 1. The van der Waals surface area contributed by atoms with E-state index in [0.717, 1.165) is 37.4 Å². The largest absolute Gasteiger partial charge is 0.307 e. The van der Waals surface area contributed by atoms with E-state index in [2.05, 4.69) is 29.0 Å². The molecule has 4 heteroatoms. The summed E-state index contributed by atoms with van der Waals surface area (Å²) in [7, 11) is 2.13. The lowest BCUT2D eigenvalue weighted by molar-refractivity contribution is -0.120. The predicted octanol–water partition coefficient (Wildman–Crippen LogP) is 2.47. The zero-order chi connectivity index (χ0) is 16.8. The second-order valence-corrected chi connectivity index (χ2v) is 6.38. The molecule has 0 unspecified atom stereocenters. The molecular weight excluding hydrogens is 298 g/mol. The molecule has 0 aliphatic carbocycles. The Morgan fingerprint density at radius 3 is 2.12 bits per heavy atom. The van der Waals surface area contributed by atoms with Gasteiger partial charge in [0.25, 0.3) is 0 Å². The molecule has 1 aliphatic heterocycles. The number of nitrogens with zero attached hydrogens (tertiary/aromatic N) is 3. The van der Waals surface area contributed by atoms with Crippen LogP contribution in [0.3, 0.4) is 0 Å². The number of benzene rings is 2. The molecular formula is C20H25N3O. The van der Waals surface area contributed by atoms with Crippen LogP contribution < -0.4 is 4.90 Å². The van der Waals surface area contributed by atoms with Gasteiger partial charge >= 0.3 is 0 Å². The van der Waals surface area contributed by atoms with Gasteiger partial charge in [-0.05, 0) is 24.7 Å². The van der Waals surface area contributed by atoms with Crippen LogP contribution in [0.5, 0.6) is 0 Å². The molecule has 1 aliphatic rings. The number of rotatable bonds is 5. The van der Waals surface area contributed by atoms with Gasteiger partial charge in [-0.15, -0.1) is 0 Å². The number of carbonyl (C=O) groups excluding carboxylic acids is 1. The Hall–Kier alpha value is -2.17. The molecule has 2 aromatic rings. The number of para-hydroxylation sites is 1. The van der Waals surface area contributed by atoms with Gasteiger partial charge in [-0.25, -0.2) is 0 Å². The Bertz CT molecular complexity index is 636. The van der Waals surface area contributed by atoms with Crippen molar-refractivity contribution < 1.29 is 4.79 Å². The van der Waals surface area contributed by atoms with Crippen LogP contribution in [0.15, 0.2) is 60.7 Å². The summed E-state index contributed by atoms with van der Waals surface area (Å²) in [5, 5.41) is 0. The molecule has 0 aromatic heterocycles. The molecule has 0 N–H and O–H groups in total. The first kappa shape index (κ1) is 16.7. The van der Waals surface area contributed by atoms with Crippen LogP contribution in [0.2, 0.25) is 0 Å². The maximum absolute atomic E-state index is 13.0. The van der Waals surface area contributed by atoms with E-state index >= 15 is 0 Å². The highest BCUT2D eigenvalue weighted by molar-refractivity contribution is 5.94. The quantitative estimate of drug-likeness (QED) is 0.846. The van der Waals surface area contributed by atoms with Crippen molar-refractivity contribution in [2.75, 3.05) is 44.7 Å². The van der Waals surface area contributed by atoms with Crippen molar-refractivity contribution in [3.05, 3.63) is 66.2 Å². The molecule has 1 amide bonds. The molecule has 126 valence electrons. The lowest BCUT2D eigenvalue weighted by Gasteiger charge is -2.33. The van der Waals surface area contributed by atoms with Gasteiger partial charge in [0.05, 0.1) is 13.1 Å². The molecule has 1 fully saturated rings. The Kier molecular flexibility index (Phi) is 5.62. The average molecular weight is 323 g/mol. The fourth-order valence-corrected chi connectivity index (χ4v) is 2.98. The summed E-state index contributed by atoms with van der Waals surface area (Å²) in [6, 6.07) is 20.1. The maximum atomic E-state index is 13.0. The Morgan fingerprint density at radius 2 is 1.50 bits per heavy atom. The fourth-order valence-electron chi connectivity index (χ4n) is 2.98. The first-order valence-electron chi connectivity index (χ1n) is 8.52. The third kappa shape index (κ3) is 4.43. The summed E-state index contributed by atoms with van der Waals surface area (Å²) in [6.45, 7) is 5.05. The molecule has 0 radical (unpaired) electrons. The predicted molar refractivity (Wildman–Crippen MR) is 98.0 cm³/mol. The van der Waals surface area contributed by atoms with Crippen molar-refractivity contribution in [3.8, 4) is 0 Å². The zero-order valence-electron chi connectivity index (χ0n) is 14.3. The smallest absolute Gasteiger partial charge is 0.241 e. The maximum Gasteiger partial charge on any atom is 0.241 e. The van der Waals surface area contributed by atoms with Gasteiger partial charge in [0, 0.05) is 31.9 Å². The van der Waals surface area contributed by atoms with Crippen LogP contribution in [0.25, 0.3) is 0 Å². The van der Waals surface area contributed by atoms with E-state index in [0.29, 0.717) is 13.1 Å². The minimum atomic E-state index is 0.162. The Labute approximate surface area is 144 Å². The first-order chi connectivity index (χ1) is 11.7.